The number of carbonyl (C=O) groups is 1. The van der Waals surface area contributed by atoms with Gasteiger partial charge in [0.15, 0.2) is 0 Å². The molecule has 3 rings (SSSR count). The van der Waals surface area contributed by atoms with E-state index in [0.717, 1.165) is 43.1 Å². The monoisotopic (exact) mass is 328 g/mol. The summed E-state index contributed by atoms with van der Waals surface area (Å²) in [6, 6.07) is 0. The zero-order valence-electron chi connectivity index (χ0n) is 14.4. The van der Waals surface area contributed by atoms with Crippen molar-refractivity contribution in [3.63, 3.8) is 0 Å². The fourth-order valence-corrected chi connectivity index (χ4v) is 3.14. The number of hydrogen-bond acceptors (Lipinski definition) is 5. The molecule has 0 radical (unpaired) electrons. The molecule has 1 aliphatic rings. The summed E-state index contributed by atoms with van der Waals surface area (Å²) in [5, 5.41) is 9.72. The summed E-state index contributed by atoms with van der Waals surface area (Å²) in [4.78, 5) is 23.1. The van der Waals surface area contributed by atoms with E-state index in [4.69, 9.17) is 0 Å². The van der Waals surface area contributed by atoms with Crippen molar-refractivity contribution in [3.05, 3.63) is 41.2 Å². The lowest BCUT2D eigenvalue weighted by Gasteiger charge is -2.16. The maximum Gasteiger partial charge on any atom is 0.254 e. The number of hydrogen-bond donors (Lipinski definition) is 2. The Morgan fingerprint density at radius 1 is 1.38 bits per heavy atom. The van der Waals surface area contributed by atoms with Gasteiger partial charge in [-0.25, -0.2) is 9.97 Å². The summed E-state index contributed by atoms with van der Waals surface area (Å²) in [6.07, 6.45) is 6.45. The van der Waals surface area contributed by atoms with Crippen LogP contribution in [0.5, 0.6) is 0 Å². The second kappa shape index (κ2) is 7.09. The van der Waals surface area contributed by atoms with Crippen molar-refractivity contribution in [2.24, 2.45) is 0 Å². The summed E-state index contributed by atoms with van der Waals surface area (Å²) in [5.74, 6) is 1.44. The van der Waals surface area contributed by atoms with Crippen LogP contribution in [0.4, 0.5) is 0 Å². The average molecular weight is 328 g/mol. The quantitative estimate of drug-likeness (QED) is 0.872. The van der Waals surface area contributed by atoms with Crippen LogP contribution >= 0.6 is 0 Å². The van der Waals surface area contributed by atoms with Gasteiger partial charge in [0.05, 0.1) is 17.5 Å². The molecule has 2 aromatic rings. The van der Waals surface area contributed by atoms with Gasteiger partial charge in [-0.2, -0.15) is 5.10 Å². The van der Waals surface area contributed by atoms with Gasteiger partial charge in [-0.05, 0) is 13.0 Å². The van der Waals surface area contributed by atoms with Crippen LogP contribution in [0.1, 0.15) is 59.5 Å². The molecule has 3 heterocycles. The van der Waals surface area contributed by atoms with Crippen molar-refractivity contribution >= 4 is 5.91 Å². The van der Waals surface area contributed by atoms with Crippen LogP contribution in [0, 0.1) is 0 Å². The predicted octanol–water partition coefficient (Wildman–Crippen LogP) is 1.67. The van der Waals surface area contributed by atoms with E-state index in [1.807, 2.05) is 12.4 Å². The fraction of sp³-hybridized carbons (Fsp3) is 0.529. The zero-order chi connectivity index (χ0) is 17.1. The highest BCUT2D eigenvalue weighted by atomic mass is 16.1. The number of nitrogens with zero attached hydrogens (tertiary/aromatic N) is 4. The average Bonchev–Trinajstić information content (AvgIpc) is 3.23. The van der Waals surface area contributed by atoms with E-state index in [-0.39, 0.29) is 5.91 Å². The topological polar surface area (TPSA) is 86.8 Å². The number of likely N-dealkylation sites (tertiary alicyclic amines) is 1. The third-order valence-corrected chi connectivity index (χ3v) is 4.47. The van der Waals surface area contributed by atoms with Gasteiger partial charge in [0.1, 0.15) is 5.82 Å². The molecule has 1 atom stereocenters. The normalized spacial score (nSPS) is 18.2. The largest absolute Gasteiger partial charge is 0.355 e. The third-order valence-electron chi connectivity index (χ3n) is 4.47. The molecule has 0 spiro atoms. The molecule has 2 N–H and O–H groups in total. The Labute approximate surface area is 141 Å². The summed E-state index contributed by atoms with van der Waals surface area (Å²) in [6.45, 7) is 6.91. The summed E-state index contributed by atoms with van der Waals surface area (Å²) in [5.41, 5.74) is 2.70. The molecule has 0 aromatic carbocycles. The second-order valence-electron chi connectivity index (χ2n) is 6.60. The minimum atomic E-state index is -0.0881. The fourth-order valence-electron chi connectivity index (χ4n) is 3.14. The highest BCUT2D eigenvalue weighted by Crippen LogP contribution is 2.28. The van der Waals surface area contributed by atoms with E-state index in [9.17, 15) is 4.79 Å². The van der Waals surface area contributed by atoms with E-state index in [2.05, 4.69) is 44.2 Å². The highest BCUT2D eigenvalue weighted by molar-refractivity contribution is 5.95. The first kappa shape index (κ1) is 16.6. The first-order chi connectivity index (χ1) is 11.6. The Hall–Kier alpha value is -2.28. The van der Waals surface area contributed by atoms with E-state index in [1.165, 1.54) is 0 Å². The molecule has 1 saturated heterocycles. The maximum absolute atomic E-state index is 11.9. The Morgan fingerprint density at radius 2 is 2.12 bits per heavy atom. The lowest BCUT2D eigenvalue weighted by atomic mass is 10.0. The van der Waals surface area contributed by atoms with Crippen molar-refractivity contribution in [2.75, 3.05) is 20.1 Å². The Bertz CT molecular complexity index is 693. The van der Waals surface area contributed by atoms with Crippen molar-refractivity contribution in [2.45, 2.75) is 38.6 Å². The van der Waals surface area contributed by atoms with Crippen molar-refractivity contribution in [1.29, 1.82) is 0 Å². The van der Waals surface area contributed by atoms with Gasteiger partial charge >= 0.3 is 0 Å². The maximum atomic E-state index is 11.9. The Morgan fingerprint density at radius 3 is 2.79 bits per heavy atom. The van der Waals surface area contributed by atoms with E-state index in [0.29, 0.717) is 17.4 Å². The van der Waals surface area contributed by atoms with Gasteiger partial charge in [0.2, 0.25) is 0 Å². The molecule has 1 aliphatic heterocycles. The molecular formula is C17H24N6O. The zero-order valence-corrected chi connectivity index (χ0v) is 14.4. The van der Waals surface area contributed by atoms with Gasteiger partial charge in [-0.3, -0.25) is 14.8 Å². The first-order valence-electron chi connectivity index (χ1n) is 8.37. The standard InChI is InChI=1S/C17H24N6O/c1-11(2)16-19-6-12(7-20-16)9-23-5-4-13(10-23)15-14(8-21-22-15)17(24)18-3/h6-8,11,13H,4-5,9-10H2,1-3H3,(H,18,24)(H,21,22). The molecule has 128 valence electrons. The van der Waals surface area contributed by atoms with Crippen LogP contribution < -0.4 is 5.32 Å². The number of nitrogens with one attached hydrogen (secondary N) is 2. The minimum absolute atomic E-state index is 0.0881. The molecule has 1 amide bonds. The molecule has 0 saturated carbocycles. The van der Waals surface area contributed by atoms with Gasteiger partial charge < -0.3 is 5.32 Å². The predicted molar refractivity (Wildman–Crippen MR) is 90.7 cm³/mol. The molecule has 0 aliphatic carbocycles. The second-order valence-corrected chi connectivity index (χ2v) is 6.60. The molecule has 2 aromatic heterocycles. The van der Waals surface area contributed by atoms with Gasteiger partial charge in [-0.1, -0.05) is 13.8 Å². The number of amides is 1. The smallest absolute Gasteiger partial charge is 0.254 e. The Kier molecular flexibility index (Phi) is 4.89. The molecule has 0 bridgehead atoms. The summed E-state index contributed by atoms with van der Waals surface area (Å²) in [7, 11) is 1.64. The number of H-pyrrole nitrogens is 1. The van der Waals surface area contributed by atoms with Gasteiger partial charge in [0, 0.05) is 49.9 Å². The molecule has 7 nitrogen and oxygen atoms in total. The molecule has 1 fully saturated rings. The van der Waals surface area contributed by atoms with Crippen molar-refractivity contribution in [3.8, 4) is 0 Å². The SMILES string of the molecule is CNC(=O)c1cn[nH]c1C1CCN(Cc2cnc(C(C)C)nc2)C1. The van der Waals surface area contributed by atoms with Gasteiger partial charge in [0.25, 0.3) is 5.91 Å². The number of aromatic amines is 1. The molecule has 24 heavy (non-hydrogen) atoms. The van der Waals surface area contributed by atoms with Crippen LogP contribution in [0.25, 0.3) is 0 Å². The molecule has 1 unspecified atom stereocenters. The van der Waals surface area contributed by atoms with Crippen LogP contribution in [-0.4, -0.2) is 51.1 Å². The van der Waals surface area contributed by atoms with Crippen LogP contribution in [0.15, 0.2) is 18.6 Å². The van der Waals surface area contributed by atoms with Crippen LogP contribution in [0.2, 0.25) is 0 Å². The number of aromatic nitrogens is 4. The molecular weight excluding hydrogens is 304 g/mol. The number of carbonyl (C=O) groups excluding carboxylic acids is 1. The summed E-state index contributed by atoms with van der Waals surface area (Å²) >= 11 is 0. The van der Waals surface area contributed by atoms with E-state index < -0.39 is 0 Å². The molecule has 7 heteroatoms. The van der Waals surface area contributed by atoms with Crippen LogP contribution in [0.3, 0.4) is 0 Å². The lowest BCUT2D eigenvalue weighted by molar-refractivity contribution is 0.0961. The van der Waals surface area contributed by atoms with E-state index in [1.54, 1.807) is 13.2 Å². The minimum Gasteiger partial charge on any atom is -0.355 e. The van der Waals surface area contributed by atoms with Crippen molar-refractivity contribution < 1.29 is 4.79 Å². The number of rotatable bonds is 5. The van der Waals surface area contributed by atoms with E-state index >= 15 is 0 Å². The highest BCUT2D eigenvalue weighted by Gasteiger charge is 2.28. The third kappa shape index (κ3) is 3.46. The van der Waals surface area contributed by atoms with Gasteiger partial charge in [-0.15, -0.1) is 0 Å². The summed E-state index contributed by atoms with van der Waals surface area (Å²) < 4.78 is 0. The van der Waals surface area contributed by atoms with Crippen molar-refractivity contribution in [1.82, 2.24) is 30.4 Å². The lowest BCUT2D eigenvalue weighted by Crippen LogP contribution is -2.22. The Balaban J connectivity index is 1.63. The first-order valence-corrected chi connectivity index (χ1v) is 8.37. The van der Waals surface area contributed by atoms with Crippen LogP contribution in [-0.2, 0) is 6.54 Å².